The molecule has 29 heavy (non-hydrogen) atoms. The zero-order valence-electron chi connectivity index (χ0n) is 16.8. The lowest BCUT2D eigenvalue weighted by Crippen LogP contribution is -2.40. The first-order valence-electron chi connectivity index (χ1n) is 9.79. The molecule has 7 heteroatoms. The van der Waals surface area contributed by atoms with E-state index in [4.69, 9.17) is 9.47 Å². The van der Waals surface area contributed by atoms with Crippen LogP contribution in [0.15, 0.2) is 53.4 Å². The summed E-state index contributed by atoms with van der Waals surface area (Å²) in [5, 5.41) is 0. The summed E-state index contributed by atoms with van der Waals surface area (Å²) in [5.41, 5.74) is 2.24. The van der Waals surface area contributed by atoms with Crippen LogP contribution < -0.4 is 4.74 Å². The van der Waals surface area contributed by atoms with Crippen molar-refractivity contribution in [1.29, 1.82) is 0 Å². The van der Waals surface area contributed by atoms with Gasteiger partial charge in [0.05, 0.1) is 10.8 Å². The van der Waals surface area contributed by atoms with E-state index in [2.05, 4.69) is 6.07 Å². The standard InChI is InChI=1S/C22H27NO5S/c1-17-14-18(2)16-20(15-17)27-12-13-28-22(24)19-8-10-23(11-9-19)29(25,26)21-6-4-3-5-7-21/h3-7,14-16,19H,8-13H2,1-2H3. The minimum Gasteiger partial charge on any atom is -0.490 e. The van der Waals surface area contributed by atoms with Gasteiger partial charge in [-0.05, 0) is 62.1 Å². The molecule has 0 amide bonds. The molecule has 1 aliphatic heterocycles. The molecule has 1 fully saturated rings. The van der Waals surface area contributed by atoms with Gasteiger partial charge < -0.3 is 9.47 Å². The van der Waals surface area contributed by atoms with Crippen molar-refractivity contribution >= 4 is 16.0 Å². The highest BCUT2D eigenvalue weighted by Crippen LogP contribution is 2.24. The average molecular weight is 418 g/mol. The Morgan fingerprint density at radius 1 is 1.00 bits per heavy atom. The third-order valence-corrected chi connectivity index (χ3v) is 6.87. The van der Waals surface area contributed by atoms with Crippen LogP contribution in [0.5, 0.6) is 5.75 Å². The van der Waals surface area contributed by atoms with Gasteiger partial charge in [0, 0.05) is 13.1 Å². The van der Waals surface area contributed by atoms with Crippen LogP contribution in [0.1, 0.15) is 24.0 Å². The van der Waals surface area contributed by atoms with E-state index in [1.165, 1.54) is 4.31 Å². The number of carbonyl (C=O) groups excluding carboxylic acids is 1. The molecule has 0 unspecified atom stereocenters. The van der Waals surface area contributed by atoms with Crippen molar-refractivity contribution < 1.29 is 22.7 Å². The lowest BCUT2D eigenvalue weighted by molar-refractivity contribution is -0.150. The minimum absolute atomic E-state index is 0.175. The van der Waals surface area contributed by atoms with Crippen LogP contribution in [-0.4, -0.2) is 45.0 Å². The second-order valence-electron chi connectivity index (χ2n) is 7.33. The number of carbonyl (C=O) groups is 1. The Morgan fingerprint density at radius 2 is 1.62 bits per heavy atom. The van der Waals surface area contributed by atoms with E-state index < -0.39 is 10.0 Å². The molecule has 0 radical (unpaired) electrons. The predicted molar refractivity (Wildman–Crippen MR) is 110 cm³/mol. The molecule has 0 N–H and O–H groups in total. The molecule has 0 aliphatic carbocycles. The fraction of sp³-hybridized carbons (Fsp3) is 0.409. The van der Waals surface area contributed by atoms with Crippen molar-refractivity contribution in [1.82, 2.24) is 4.31 Å². The van der Waals surface area contributed by atoms with E-state index in [-0.39, 0.29) is 30.0 Å². The molecule has 0 atom stereocenters. The Bertz CT molecular complexity index is 915. The first-order chi connectivity index (χ1) is 13.9. The van der Waals surface area contributed by atoms with Gasteiger partial charge in [0.1, 0.15) is 19.0 Å². The lowest BCUT2D eigenvalue weighted by Gasteiger charge is -2.30. The van der Waals surface area contributed by atoms with Crippen LogP contribution in [-0.2, 0) is 19.6 Å². The minimum atomic E-state index is -3.51. The molecule has 1 saturated heterocycles. The maximum absolute atomic E-state index is 12.7. The summed E-state index contributed by atoms with van der Waals surface area (Å²) >= 11 is 0. The van der Waals surface area contributed by atoms with Crippen LogP contribution >= 0.6 is 0 Å². The fourth-order valence-corrected chi connectivity index (χ4v) is 5.00. The van der Waals surface area contributed by atoms with E-state index in [0.717, 1.165) is 16.9 Å². The van der Waals surface area contributed by atoms with E-state index in [0.29, 0.717) is 25.9 Å². The van der Waals surface area contributed by atoms with Crippen molar-refractivity contribution in [2.45, 2.75) is 31.6 Å². The summed E-state index contributed by atoms with van der Waals surface area (Å²) in [6, 6.07) is 14.3. The molecule has 3 rings (SSSR count). The molecule has 156 valence electrons. The average Bonchev–Trinajstić information content (AvgIpc) is 2.71. The smallest absolute Gasteiger partial charge is 0.309 e. The number of aryl methyl sites for hydroxylation is 2. The van der Waals surface area contributed by atoms with E-state index in [9.17, 15) is 13.2 Å². The molecule has 1 heterocycles. The van der Waals surface area contributed by atoms with Gasteiger partial charge in [-0.3, -0.25) is 4.79 Å². The second-order valence-corrected chi connectivity index (χ2v) is 9.27. The first kappa shape index (κ1) is 21.3. The van der Waals surface area contributed by atoms with E-state index >= 15 is 0 Å². The third kappa shape index (κ3) is 5.58. The third-order valence-electron chi connectivity index (χ3n) is 4.96. The fourth-order valence-electron chi connectivity index (χ4n) is 3.51. The molecule has 0 spiro atoms. The number of sulfonamides is 1. The molecule has 2 aromatic rings. The number of rotatable bonds is 7. The lowest BCUT2D eigenvalue weighted by atomic mass is 9.98. The number of nitrogens with zero attached hydrogens (tertiary/aromatic N) is 1. The van der Waals surface area contributed by atoms with Gasteiger partial charge in [0.15, 0.2) is 0 Å². The van der Waals surface area contributed by atoms with E-state index in [1.54, 1.807) is 30.3 Å². The number of benzene rings is 2. The summed E-state index contributed by atoms with van der Waals surface area (Å²) in [5.74, 6) is 0.196. The highest BCUT2D eigenvalue weighted by atomic mass is 32.2. The summed E-state index contributed by atoms with van der Waals surface area (Å²) in [7, 11) is -3.51. The van der Waals surface area contributed by atoms with Gasteiger partial charge in [0.25, 0.3) is 0 Å². The van der Waals surface area contributed by atoms with Gasteiger partial charge in [-0.1, -0.05) is 24.3 Å². The highest BCUT2D eigenvalue weighted by molar-refractivity contribution is 7.89. The number of hydrogen-bond acceptors (Lipinski definition) is 5. The molecule has 0 bridgehead atoms. The molecular weight excluding hydrogens is 390 g/mol. The molecule has 0 aromatic heterocycles. The Labute approximate surface area is 172 Å². The van der Waals surface area contributed by atoms with Crippen LogP contribution in [0, 0.1) is 19.8 Å². The quantitative estimate of drug-likeness (QED) is 0.510. The maximum atomic E-state index is 12.7. The summed E-state index contributed by atoms with van der Waals surface area (Å²) in [6.45, 7) is 5.10. The summed E-state index contributed by atoms with van der Waals surface area (Å²) in [4.78, 5) is 12.6. The van der Waals surface area contributed by atoms with Crippen LogP contribution in [0.25, 0.3) is 0 Å². The predicted octanol–water partition coefficient (Wildman–Crippen LogP) is 3.33. The van der Waals surface area contributed by atoms with E-state index in [1.807, 2.05) is 26.0 Å². The van der Waals surface area contributed by atoms with Gasteiger partial charge >= 0.3 is 5.97 Å². The highest BCUT2D eigenvalue weighted by Gasteiger charge is 2.32. The van der Waals surface area contributed by atoms with Crippen molar-refractivity contribution in [3.05, 3.63) is 59.7 Å². The first-order valence-corrected chi connectivity index (χ1v) is 11.2. The normalized spacial score (nSPS) is 15.8. The maximum Gasteiger partial charge on any atom is 0.309 e. The number of hydrogen-bond donors (Lipinski definition) is 0. The zero-order chi connectivity index (χ0) is 20.9. The van der Waals surface area contributed by atoms with Crippen LogP contribution in [0.3, 0.4) is 0 Å². The molecule has 6 nitrogen and oxygen atoms in total. The summed E-state index contributed by atoms with van der Waals surface area (Å²) < 4.78 is 37.7. The summed E-state index contributed by atoms with van der Waals surface area (Å²) in [6.07, 6.45) is 0.922. The zero-order valence-corrected chi connectivity index (χ0v) is 17.7. The van der Waals surface area contributed by atoms with Crippen molar-refractivity contribution in [3.63, 3.8) is 0 Å². The van der Waals surface area contributed by atoms with Crippen molar-refractivity contribution in [3.8, 4) is 5.75 Å². The van der Waals surface area contributed by atoms with Gasteiger partial charge in [-0.2, -0.15) is 4.31 Å². The molecular formula is C22H27NO5S. The Kier molecular flexibility index (Phi) is 6.92. The number of ether oxygens (including phenoxy) is 2. The van der Waals surface area contributed by atoms with Crippen LogP contribution in [0.4, 0.5) is 0 Å². The molecule has 0 saturated carbocycles. The molecule has 2 aromatic carbocycles. The van der Waals surface area contributed by atoms with Gasteiger partial charge in [-0.25, -0.2) is 8.42 Å². The Balaban J connectivity index is 1.43. The SMILES string of the molecule is Cc1cc(C)cc(OCCOC(=O)C2CCN(S(=O)(=O)c3ccccc3)CC2)c1. The van der Waals surface area contributed by atoms with Crippen LogP contribution in [0.2, 0.25) is 0 Å². The van der Waals surface area contributed by atoms with Gasteiger partial charge in [0.2, 0.25) is 10.0 Å². The monoisotopic (exact) mass is 417 g/mol. The molecule has 1 aliphatic rings. The number of esters is 1. The largest absolute Gasteiger partial charge is 0.490 e. The number of piperidine rings is 1. The van der Waals surface area contributed by atoms with Crippen molar-refractivity contribution in [2.24, 2.45) is 5.92 Å². The topological polar surface area (TPSA) is 72.9 Å². The second kappa shape index (κ2) is 9.41. The Morgan fingerprint density at radius 3 is 2.24 bits per heavy atom. The van der Waals surface area contributed by atoms with Crippen molar-refractivity contribution in [2.75, 3.05) is 26.3 Å². The Hall–Kier alpha value is -2.38. The van der Waals surface area contributed by atoms with Gasteiger partial charge in [-0.15, -0.1) is 0 Å².